The van der Waals surface area contributed by atoms with Crippen molar-refractivity contribution in [1.29, 1.82) is 0 Å². The molecule has 0 saturated carbocycles. The summed E-state index contributed by atoms with van der Waals surface area (Å²) in [4.78, 5) is 100. The Morgan fingerprint density at radius 1 is 0.847 bits per heavy atom. The third-order valence-electron chi connectivity index (χ3n) is 11.2. The first kappa shape index (κ1) is 52.7. The van der Waals surface area contributed by atoms with Crippen molar-refractivity contribution in [2.24, 2.45) is 29.6 Å². The Balaban J connectivity index is 3.87. The van der Waals surface area contributed by atoms with Crippen LogP contribution in [0.2, 0.25) is 0 Å². The van der Waals surface area contributed by atoms with Crippen LogP contribution in [0.3, 0.4) is 0 Å². The zero-order chi connectivity index (χ0) is 45.6. The van der Waals surface area contributed by atoms with Gasteiger partial charge in [-0.15, -0.1) is 0 Å². The molecule has 0 spiro atoms. The van der Waals surface area contributed by atoms with E-state index in [1.54, 1.807) is 48.5 Å². The average molecular weight is 834 g/mol. The van der Waals surface area contributed by atoms with Gasteiger partial charge in [-0.05, 0) is 69.8 Å². The number of hydrogen-bond donors (Lipinski definition) is 3. The smallest absolute Gasteiger partial charge is 0.334 e. The maximum atomic E-state index is 14.2. The number of nitrogens with one attached hydrogen (secondary N) is 2. The third-order valence-corrected chi connectivity index (χ3v) is 11.2. The van der Waals surface area contributed by atoms with Gasteiger partial charge in [0.1, 0.15) is 30.3 Å². The summed E-state index contributed by atoms with van der Waals surface area (Å²) in [6, 6.07) is -4.25. The standard InChI is InChI=1S/C44H75N5O10/c1-17-19-28(10)37-30(12)33(50)21-20-29(11)43(56)59-38(27(9)18-2)39(52)46-36(26(7)8)42(55)49(16)32(22-24(3)4)40(53)47(14)23-34(51)45-35(25(5)6)41(54)48(15)31(13)44(57)58-37/h19-20,24-27,30-33,35-38,50H,17-18,21-23H2,1-16H3,(H,45,51)(H,46,52)/b28-19+,29-20+/t27?,30-,31?,32+,33?,35-,36-,37+,38+/m0/s1. The quantitative estimate of drug-likeness (QED) is 0.238. The van der Waals surface area contributed by atoms with Crippen molar-refractivity contribution < 1.29 is 48.1 Å². The lowest BCUT2D eigenvalue weighted by atomic mass is 9.90. The van der Waals surface area contributed by atoms with E-state index in [2.05, 4.69) is 10.6 Å². The highest BCUT2D eigenvalue weighted by molar-refractivity contribution is 5.96. The first-order valence-corrected chi connectivity index (χ1v) is 21.1. The fourth-order valence-corrected chi connectivity index (χ4v) is 6.77. The first-order valence-electron chi connectivity index (χ1n) is 21.1. The largest absolute Gasteiger partial charge is 0.456 e. The van der Waals surface area contributed by atoms with E-state index < -0.39 is 114 Å². The average Bonchev–Trinajstić information content (AvgIpc) is 3.17. The van der Waals surface area contributed by atoms with Crippen LogP contribution in [0.25, 0.3) is 0 Å². The summed E-state index contributed by atoms with van der Waals surface area (Å²) in [6.07, 6.45) is 1.49. The molecule has 0 aromatic heterocycles. The van der Waals surface area contributed by atoms with Crippen LogP contribution in [0, 0.1) is 29.6 Å². The number of ether oxygens (including phenoxy) is 2. The number of amides is 5. The van der Waals surface area contributed by atoms with Gasteiger partial charge in [-0.1, -0.05) is 81.4 Å². The molecule has 0 saturated heterocycles. The predicted octanol–water partition coefficient (Wildman–Crippen LogP) is 4.02. The Hall–Kier alpha value is -4.27. The van der Waals surface area contributed by atoms with Gasteiger partial charge in [-0.2, -0.15) is 0 Å². The lowest BCUT2D eigenvalue weighted by Gasteiger charge is -2.36. The van der Waals surface area contributed by atoms with Crippen LogP contribution in [-0.4, -0.2) is 131 Å². The van der Waals surface area contributed by atoms with E-state index in [0.717, 1.165) is 0 Å². The van der Waals surface area contributed by atoms with Gasteiger partial charge in [-0.3, -0.25) is 24.0 Å². The van der Waals surface area contributed by atoms with Gasteiger partial charge in [0, 0.05) is 38.6 Å². The van der Waals surface area contributed by atoms with Gasteiger partial charge in [0.2, 0.25) is 23.6 Å². The number of aliphatic hydroxyl groups excluding tert-OH is 1. The number of aliphatic hydroxyl groups is 1. The molecule has 1 heterocycles. The second-order valence-electron chi connectivity index (χ2n) is 17.4. The van der Waals surface area contributed by atoms with E-state index in [9.17, 15) is 38.7 Å². The van der Waals surface area contributed by atoms with E-state index in [1.165, 1.54) is 55.8 Å². The summed E-state index contributed by atoms with van der Waals surface area (Å²) in [6.45, 7) is 22.4. The lowest BCUT2D eigenvalue weighted by Crippen LogP contribution is -2.59. The summed E-state index contributed by atoms with van der Waals surface area (Å²) in [5.74, 6) is -6.38. The summed E-state index contributed by atoms with van der Waals surface area (Å²) >= 11 is 0. The van der Waals surface area contributed by atoms with Crippen molar-refractivity contribution in [3.8, 4) is 0 Å². The fourth-order valence-electron chi connectivity index (χ4n) is 6.77. The number of nitrogens with zero attached hydrogens (tertiary/aromatic N) is 3. The molecule has 1 aliphatic heterocycles. The maximum Gasteiger partial charge on any atom is 0.334 e. The van der Waals surface area contributed by atoms with Gasteiger partial charge < -0.3 is 39.9 Å². The molecule has 15 heteroatoms. The summed E-state index contributed by atoms with van der Waals surface area (Å²) in [5, 5.41) is 16.9. The van der Waals surface area contributed by atoms with Crippen LogP contribution in [0.5, 0.6) is 0 Å². The molecular formula is C44H75N5O10. The summed E-state index contributed by atoms with van der Waals surface area (Å²) in [7, 11) is 4.36. The number of cyclic esters (lactones) is 2. The van der Waals surface area contributed by atoms with Crippen molar-refractivity contribution in [1.82, 2.24) is 25.3 Å². The molecule has 3 unspecified atom stereocenters. The SMILES string of the molecule is CC/C=C(\C)[C@H]1OC(=O)C(C)N(C)C(=O)[C@H](C(C)C)NC(=O)CN(C)C(=O)[C@@H](CC(C)C)N(C)C(=O)[C@H](C(C)C)NC(=O)[C@@H](C(C)CC)OC(=O)/C(C)=C/CC(O)[C@@H]1C. The lowest BCUT2D eigenvalue weighted by molar-refractivity contribution is -0.160. The van der Waals surface area contributed by atoms with Crippen molar-refractivity contribution in [3.05, 3.63) is 23.3 Å². The Morgan fingerprint density at radius 2 is 1.39 bits per heavy atom. The monoisotopic (exact) mass is 834 g/mol. The second kappa shape index (κ2) is 24.1. The first-order chi connectivity index (χ1) is 27.3. The minimum absolute atomic E-state index is 0.0127. The molecule has 3 N–H and O–H groups in total. The highest BCUT2D eigenvalue weighted by Gasteiger charge is 2.39. The Morgan fingerprint density at radius 3 is 1.90 bits per heavy atom. The molecule has 0 fully saturated rings. The number of likely N-dealkylation sites (N-methyl/N-ethyl adjacent to an activating group) is 3. The number of allylic oxidation sites excluding steroid dienone is 1. The summed E-state index contributed by atoms with van der Waals surface area (Å²) < 4.78 is 11.8. The van der Waals surface area contributed by atoms with Gasteiger partial charge >= 0.3 is 11.9 Å². The Bertz CT molecular complexity index is 1540. The van der Waals surface area contributed by atoms with Crippen molar-refractivity contribution >= 4 is 41.5 Å². The molecule has 0 bridgehead atoms. The molecule has 1 rings (SSSR count). The highest BCUT2D eigenvalue weighted by Crippen LogP contribution is 2.25. The van der Waals surface area contributed by atoms with E-state index in [-0.39, 0.29) is 24.3 Å². The highest BCUT2D eigenvalue weighted by atomic mass is 16.6. The van der Waals surface area contributed by atoms with E-state index >= 15 is 0 Å². The van der Waals surface area contributed by atoms with Gasteiger partial charge in [0.05, 0.1) is 12.6 Å². The topological polar surface area (TPSA) is 192 Å². The normalized spacial score (nSPS) is 29.3. The van der Waals surface area contributed by atoms with E-state index in [0.29, 0.717) is 18.4 Å². The molecule has 1 aliphatic rings. The molecule has 15 nitrogen and oxygen atoms in total. The molecule has 0 aliphatic carbocycles. The Kier molecular flexibility index (Phi) is 21.5. The number of carbonyl (C=O) groups is 7. The molecule has 5 amide bonds. The fraction of sp³-hybridized carbons (Fsp3) is 0.750. The zero-order valence-electron chi connectivity index (χ0n) is 38.6. The van der Waals surface area contributed by atoms with Gasteiger partial charge in [0.25, 0.3) is 5.91 Å². The van der Waals surface area contributed by atoms with Crippen molar-refractivity contribution in [3.63, 3.8) is 0 Å². The van der Waals surface area contributed by atoms with Crippen LogP contribution < -0.4 is 10.6 Å². The predicted molar refractivity (Wildman–Crippen MR) is 226 cm³/mol. The molecule has 59 heavy (non-hydrogen) atoms. The molecule has 0 aromatic rings. The molecular weight excluding hydrogens is 759 g/mol. The minimum atomic E-state index is -1.26. The third kappa shape index (κ3) is 15.1. The molecule has 0 aromatic carbocycles. The molecule has 9 atom stereocenters. The number of hydrogen-bond acceptors (Lipinski definition) is 10. The van der Waals surface area contributed by atoms with Crippen LogP contribution in [0.15, 0.2) is 23.3 Å². The van der Waals surface area contributed by atoms with Crippen LogP contribution in [0.4, 0.5) is 0 Å². The van der Waals surface area contributed by atoms with Crippen molar-refractivity contribution in [2.75, 3.05) is 27.7 Å². The molecule has 336 valence electrons. The second-order valence-corrected chi connectivity index (χ2v) is 17.4. The van der Waals surface area contributed by atoms with Crippen molar-refractivity contribution in [2.45, 2.75) is 158 Å². The Labute approximate surface area is 353 Å². The zero-order valence-corrected chi connectivity index (χ0v) is 38.6. The van der Waals surface area contributed by atoms with Gasteiger partial charge in [-0.25, -0.2) is 9.59 Å². The van der Waals surface area contributed by atoms with E-state index in [4.69, 9.17) is 9.47 Å². The number of carbonyl (C=O) groups excluding carboxylic acids is 7. The molecule has 0 radical (unpaired) electrons. The number of rotatable bonds is 8. The van der Waals surface area contributed by atoms with Crippen LogP contribution in [-0.2, 0) is 43.0 Å². The van der Waals surface area contributed by atoms with Crippen LogP contribution in [0.1, 0.15) is 116 Å². The number of esters is 2. The van der Waals surface area contributed by atoms with Gasteiger partial charge in [0.15, 0.2) is 6.10 Å². The summed E-state index contributed by atoms with van der Waals surface area (Å²) in [5.41, 5.74) is 0.833. The van der Waals surface area contributed by atoms with Crippen LogP contribution >= 0.6 is 0 Å². The minimum Gasteiger partial charge on any atom is -0.456 e. The maximum absolute atomic E-state index is 14.2. The van der Waals surface area contributed by atoms with E-state index in [1.807, 2.05) is 33.8 Å².